The lowest BCUT2D eigenvalue weighted by Gasteiger charge is -2.19. The van der Waals surface area contributed by atoms with Gasteiger partial charge in [-0.15, -0.1) is 0 Å². The second-order valence-corrected chi connectivity index (χ2v) is 8.70. The number of halogens is 4. The van der Waals surface area contributed by atoms with Crippen LogP contribution in [0.5, 0.6) is 0 Å². The van der Waals surface area contributed by atoms with E-state index < -0.39 is 12.6 Å². The number of benzene rings is 1. The first-order valence-electron chi connectivity index (χ1n) is 11.6. The number of imide groups is 1. The number of carbonyl (C=O) groups is 4. The highest BCUT2D eigenvalue weighted by Gasteiger charge is 2.29. The number of nitrogens with zero attached hydrogens (tertiary/aromatic N) is 1. The van der Waals surface area contributed by atoms with Gasteiger partial charge in [0.2, 0.25) is 11.8 Å². The molecule has 8 nitrogen and oxygen atoms in total. The molecule has 200 valence electrons. The van der Waals surface area contributed by atoms with Crippen molar-refractivity contribution in [2.75, 3.05) is 7.05 Å². The van der Waals surface area contributed by atoms with Crippen LogP contribution < -0.4 is 16.0 Å². The summed E-state index contributed by atoms with van der Waals surface area (Å²) < 4.78 is 35.5. The Bertz CT molecular complexity index is 1140. The molecule has 0 aliphatic carbocycles. The molecule has 0 saturated carbocycles. The molecule has 4 rings (SSSR count). The Morgan fingerprint density at radius 2 is 1.95 bits per heavy atom. The zero-order valence-corrected chi connectivity index (χ0v) is 21.1. The summed E-state index contributed by atoms with van der Waals surface area (Å²) in [5.41, 5.74) is 2.00. The van der Waals surface area contributed by atoms with Gasteiger partial charge in [0.1, 0.15) is 0 Å². The highest BCUT2D eigenvalue weighted by atomic mass is 35.5. The van der Waals surface area contributed by atoms with Gasteiger partial charge in [0.05, 0.1) is 17.1 Å². The van der Waals surface area contributed by atoms with Crippen molar-refractivity contribution in [1.82, 2.24) is 20.9 Å². The molecular formula is C25H28ClF3N4O4. The van der Waals surface area contributed by atoms with E-state index in [0.29, 0.717) is 24.1 Å². The topological polar surface area (TPSA) is 117 Å². The number of alkyl halides is 3. The number of hydrogen-bond acceptors (Lipinski definition) is 5. The van der Waals surface area contributed by atoms with Crippen LogP contribution in [0.15, 0.2) is 36.5 Å². The predicted octanol–water partition coefficient (Wildman–Crippen LogP) is 3.97. The third-order valence-electron chi connectivity index (χ3n) is 5.47. The van der Waals surface area contributed by atoms with E-state index >= 15 is 0 Å². The fourth-order valence-corrected chi connectivity index (χ4v) is 3.81. The molecule has 0 spiro atoms. The van der Waals surface area contributed by atoms with Gasteiger partial charge in [0.15, 0.2) is 0 Å². The minimum atomic E-state index is -4.25. The molecule has 2 aliphatic heterocycles. The van der Waals surface area contributed by atoms with Crippen molar-refractivity contribution in [3.63, 3.8) is 0 Å². The largest absolute Gasteiger partial charge is 0.394 e. The second-order valence-electron chi connectivity index (χ2n) is 8.29. The van der Waals surface area contributed by atoms with Crippen molar-refractivity contribution in [1.29, 1.82) is 0 Å². The average molecular weight is 541 g/mol. The molecule has 2 aromatic rings. The van der Waals surface area contributed by atoms with Gasteiger partial charge in [0, 0.05) is 43.3 Å². The Hall–Kier alpha value is -3.47. The summed E-state index contributed by atoms with van der Waals surface area (Å²) in [7, 11) is 1.58. The Morgan fingerprint density at radius 3 is 2.54 bits per heavy atom. The first-order chi connectivity index (χ1) is 17.4. The van der Waals surface area contributed by atoms with Crippen LogP contribution in [0.1, 0.15) is 64.6 Å². The van der Waals surface area contributed by atoms with E-state index in [9.17, 15) is 32.3 Å². The van der Waals surface area contributed by atoms with E-state index in [1.165, 1.54) is 18.3 Å². The van der Waals surface area contributed by atoms with Gasteiger partial charge in [-0.25, -0.2) is 0 Å². The van der Waals surface area contributed by atoms with Crippen molar-refractivity contribution >= 4 is 35.2 Å². The van der Waals surface area contributed by atoms with Crippen molar-refractivity contribution < 1.29 is 32.3 Å². The van der Waals surface area contributed by atoms with Crippen LogP contribution in [-0.2, 0) is 22.6 Å². The smallest absolute Gasteiger partial charge is 0.355 e. The summed E-state index contributed by atoms with van der Waals surface area (Å²) >= 11 is 5.47. The van der Waals surface area contributed by atoms with Crippen LogP contribution in [0.25, 0.3) is 0 Å². The van der Waals surface area contributed by atoms with Gasteiger partial charge in [-0.2, -0.15) is 13.2 Å². The quantitative estimate of drug-likeness (QED) is 0.507. The zero-order valence-electron chi connectivity index (χ0n) is 20.4. The van der Waals surface area contributed by atoms with E-state index in [-0.39, 0.29) is 40.3 Å². The van der Waals surface area contributed by atoms with E-state index in [1.54, 1.807) is 25.2 Å². The second kappa shape index (κ2) is 13.7. The maximum absolute atomic E-state index is 11.8. The number of fused-ring (bicyclic) bond motifs is 1. The monoisotopic (exact) mass is 540 g/mol. The van der Waals surface area contributed by atoms with Crippen molar-refractivity contribution in [3.8, 4) is 0 Å². The molecule has 37 heavy (non-hydrogen) atoms. The molecule has 1 aromatic heterocycles. The minimum Gasteiger partial charge on any atom is -0.355 e. The fraction of sp³-hybridized carbons (Fsp3) is 0.400. The third-order valence-corrected chi connectivity index (χ3v) is 5.82. The highest BCUT2D eigenvalue weighted by molar-refractivity contribution is 6.31. The van der Waals surface area contributed by atoms with Crippen LogP contribution in [0.4, 0.5) is 13.2 Å². The van der Waals surface area contributed by atoms with Crippen LogP contribution in [0.2, 0.25) is 5.02 Å². The number of aromatic nitrogens is 1. The van der Waals surface area contributed by atoms with Crippen LogP contribution in [-0.4, -0.2) is 41.8 Å². The lowest BCUT2D eigenvalue weighted by atomic mass is 9.94. The molecule has 1 aromatic carbocycles. The molecular weight excluding hydrogens is 513 g/mol. The van der Waals surface area contributed by atoms with E-state index in [0.717, 1.165) is 24.8 Å². The van der Waals surface area contributed by atoms with E-state index in [4.69, 9.17) is 11.6 Å². The Kier molecular flexibility index (Phi) is 11.0. The molecule has 2 aliphatic rings. The van der Waals surface area contributed by atoms with Crippen LogP contribution in [0, 0.1) is 5.92 Å². The van der Waals surface area contributed by atoms with Gasteiger partial charge in [0.25, 0.3) is 11.8 Å². The maximum atomic E-state index is 11.8. The van der Waals surface area contributed by atoms with E-state index in [2.05, 4.69) is 20.9 Å². The first-order valence-corrected chi connectivity index (χ1v) is 12.0. The zero-order chi connectivity index (χ0) is 27.6. The standard InChI is InChI=1S/C10H10N2O2.C8H13NO2.C7H5ClF3N/c1-11-9(13)6-2-3-8-7(4-6)5-12-10(8)14;1-2-3-6-4-5-7(10)9-8(6)11;8-5-2-1-3-12-6(5)4-7(9,10)11/h2-4H,5H2,1H3,(H,11,13)(H,12,14);6H,2-5H2,1H3,(H,9,10,11);1-3H,4H2/t;6-;/m.0./s1. The van der Waals surface area contributed by atoms with E-state index in [1.807, 2.05) is 6.92 Å². The van der Waals surface area contributed by atoms with Crippen LogP contribution >= 0.6 is 11.6 Å². The lowest BCUT2D eigenvalue weighted by Crippen LogP contribution is -2.40. The molecule has 0 bridgehead atoms. The Labute approximate surface area is 217 Å². The molecule has 12 heteroatoms. The number of piperidine rings is 1. The van der Waals surface area contributed by atoms with Gasteiger partial charge in [-0.1, -0.05) is 24.9 Å². The molecule has 1 fully saturated rings. The van der Waals surface area contributed by atoms with Gasteiger partial charge in [-0.05, 0) is 48.7 Å². The number of amides is 4. The fourth-order valence-electron chi connectivity index (χ4n) is 3.62. The summed E-state index contributed by atoms with van der Waals surface area (Å²) in [6, 6.07) is 7.95. The summed E-state index contributed by atoms with van der Waals surface area (Å²) in [5, 5.41) is 7.62. The molecule has 1 atom stereocenters. The normalized spacial score (nSPS) is 16.3. The first kappa shape index (κ1) is 29.8. The Morgan fingerprint density at radius 1 is 1.22 bits per heavy atom. The van der Waals surface area contributed by atoms with Gasteiger partial charge >= 0.3 is 6.18 Å². The molecule has 3 heterocycles. The number of nitrogens with one attached hydrogen (secondary N) is 3. The number of carbonyl (C=O) groups excluding carboxylic acids is 4. The summed E-state index contributed by atoms with van der Waals surface area (Å²) in [6.07, 6.45) is -0.891. The summed E-state index contributed by atoms with van der Waals surface area (Å²) in [5.74, 6) is -0.321. The van der Waals surface area contributed by atoms with Crippen LogP contribution in [0.3, 0.4) is 0 Å². The van der Waals surface area contributed by atoms with Gasteiger partial charge in [-0.3, -0.25) is 29.5 Å². The molecule has 1 saturated heterocycles. The average Bonchev–Trinajstić information content (AvgIpc) is 3.22. The number of pyridine rings is 1. The minimum absolute atomic E-state index is 0.0508. The number of hydrogen-bond donors (Lipinski definition) is 3. The number of rotatable bonds is 4. The summed E-state index contributed by atoms with van der Waals surface area (Å²) in [4.78, 5) is 47.7. The third kappa shape index (κ3) is 9.49. The van der Waals surface area contributed by atoms with Crippen molar-refractivity contribution in [2.24, 2.45) is 5.92 Å². The van der Waals surface area contributed by atoms with Gasteiger partial charge < -0.3 is 10.6 Å². The SMILES string of the molecule is CCC[C@H]1CCC(=O)NC1=O.CNC(=O)c1ccc2c(c1)CNC2=O.FC(F)(F)Cc1ncccc1Cl. The summed E-state index contributed by atoms with van der Waals surface area (Å²) in [6.45, 7) is 2.56. The lowest BCUT2D eigenvalue weighted by molar-refractivity contribution is -0.136. The van der Waals surface area contributed by atoms with Crippen molar-refractivity contribution in [2.45, 2.75) is 51.7 Å². The predicted molar refractivity (Wildman–Crippen MR) is 131 cm³/mol. The maximum Gasteiger partial charge on any atom is 0.394 e. The molecule has 4 amide bonds. The molecule has 0 unspecified atom stereocenters. The molecule has 0 radical (unpaired) electrons. The highest BCUT2D eigenvalue weighted by Crippen LogP contribution is 2.24. The van der Waals surface area contributed by atoms with Crippen molar-refractivity contribution in [3.05, 3.63) is 63.9 Å². The Balaban J connectivity index is 0.000000197. The molecule has 3 N–H and O–H groups in total.